The molecule has 0 unspecified atom stereocenters. The van der Waals surface area contributed by atoms with Gasteiger partial charge in [-0.05, 0) is 12.8 Å². The van der Waals surface area contributed by atoms with Gasteiger partial charge in [-0.25, -0.2) is 0 Å². The Morgan fingerprint density at radius 1 is 1.19 bits per heavy atom. The van der Waals surface area contributed by atoms with Crippen LogP contribution in [0, 0.1) is 18.3 Å². The van der Waals surface area contributed by atoms with Crippen molar-refractivity contribution in [2.45, 2.75) is 64.9 Å². The zero-order valence-corrected chi connectivity index (χ0v) is 10.8. The van der Waals surface area contributed by atoms with Crippen molar-refractivity contribution in [3.05, 3.63) is 12.2 Å². The van der Waals surface area contributed by atoms with Crippen LogP contribution in [0.5, 0.6) is 0 Å². The Hall–Kier alpha value is -0.740. The standard InChI is InChI=1S/C15H26O/c1-4-7-9-11-13-15(16)14(6-3)12-10-8-5-2/h3,11,13-16H,4-5,7-10,12H2,1-2H3/b13-11+/t14-,15-/m0/s1. The van der Waals surface area contributed by atoms with Crippen LogP contribution in [0.25, 0.3) is 0 Å². The van der Waals surface area contributed by atoms with Crippen molar-refractivity contribution < 1.29 is 5.11 Å². The first-order chi connectivity index (χ1) is 7.76. The summed E-state index contributed by atoms with van der Waals surface area (Å²) in [5.74, 6) is 2.69. The molecule has 16 heavy (non-hydrogen) atoms. The van der Waals surface area contributed by atoms with Crippen molar-refractivity contribution in [2.75, 3.05) is 0 Å². The van der Waals surface area contributed by atoms with E-state index in [1.807, 2.05) is 6.08 Å². The summed E-state index contributed by atoms with van der Waals surface area (Å²) in [5, 5.41) is 9.88. The van der Waals surface area contributed by atoms with Crippen molar-refractivity contribution >= 4 is 0 Å². The average Bonchev–Trinajstić information content (AvgIpc) is 2.30. The van der Waals surface area contributed by atoms with Crippen LogP contribution in [0.3, 0.4) is 0 Å². The number of terminal acetylenes is 1. The smallest absolute Gasteiger partial charge is 0.0858 e. The molecule has 0 aliphatic rings. The van der Waals surface area contributed by atoms with Gasteiger partial charge in [0, 0.05) is 5.92 Å². The highest BCUT2D eigenvalue weighted by Crippen LogP contribution is 2.14. The van der Waals surface area contributed by atoms with E-state index >= 15 is 0 Å². The van der Waals surface area contributed by atoms with Gasteiger partial charge in [0.05, 0.1) is 6.10 Å². The molecule has 0 aromatic rings. The van der Waals surface area contributed by atoms with Gasteiger partial charge >= 0.3 is 0 Å². The molecular weight excluding hydrogens is 196 g/mol. The first-order valence-electron chi connectivity index (χ1n) is 6.57. The van der Waals surface area contributed by atoms with Crippen LogP contribution in [-0.2, 0) is 0 Å². The van der Waals surface area contributed by atoms with Crippen LogP contribution in [0.15, 0.2) is 12.2 Å². The van der Waals surface area contributed by atoms with E-state index in [1.54, 1.807) is 0 Å². The van der Waals surface area contributed by atoms with Gasteiger partial charge in [-0.2, -0.15) is 0 Å². The Balaban J connectivity index is 3.86. The molecule has 0 bridgehead atoms. The molecule has 0 rings (SSSR count). The van der Waals surface area contributed by atoms with Crippen molar-refractivity contribution in [3.8, 4) is 12.3 Å². The number of aliphatic hydroxyl groups is 1. The van der Waals surface area contributed by atoms with E-state index in [0.717, 1.165) is 19.3 Å². The molecule has 0 radical (unpaired) electrons. The molecule has 0 aliphatic carbocycles. The monoisotopic (exact) mass is 222 g/mol. The van der Waals surface area contributed by atoms with E-state index in [-0.39, 0.29) is 5.92 Å². The molecule has 0 amide bonds. The normalized spacial score (nSPS) is 14.9. The summed E-state index contributed by atoms with van der Waals surface area (Å²) in [6, 6.07) is 0. The minimum absolute atomic E-state index is 0.00979. The lowest BCUT2D eigenvalue weighted by molar-refractivity contribution is 0.174. The molecule has 0 fully saturated rings. The molecule has 0 saturated heterocycles. The molecule has 1 N–H and O–H groups in total. The summed E-state index contributed by atoms with van der Waals surface area (Å²) < 4.78 is 0. The topological polar surface area (TPSA) is 20.2 Å². The maximum atomic E-state index is 9.88. The summed E-state index contributed by atoms with van der Waals surface area (Å²) in [6.45, 7) is 4.34. The first kappa shape index (κ1) is 15.3. The summed E-state index contributed by atoms with van der Waals surface area (Å²) in [4.78, 5) is 0. The molecule has 2 atom stereocenters. The molecule has 0 aromatic heterocycles. The van der Waals surface area contributed by atoms with Gasteiger partial charge in [-0.3, -0.25) is 0 Å². The van der Waals surface area contributed by atoms with Crippen molar-refractivity contribution in [1.29, 1.82) is 0 Å². The number of aliphatic hydroxyl groups excluding tert-OH is 1. The second-order valence-corrected chi connectivity index (χ2v) is 4.33. The van der Waals surface area contributed by atoms with Crippen LogP contribution in [0.4, 0.5) is 0 Å². The predicted octanol–water partition coefficient (Wildman–Crippen LogP) is 3.92. The minimum atomic E-state index is -0.460. The molecule has 92 valence electrons. The van der Waals surface area contributed by atoms with Gasteiger partial charge in [-0.1, -0.05) is 58.1 Å². The van der Waals surface area contributed by atoms with E-state index in [1.165, 1.54) is 25.7 Å². The van der Waals surface area contributed by atoms with Crippen molar-refractivity contribution in [3.63, 3.8) is 0 Å². The molecule has 0 saturated carbocycles. The van der Waals surface area contributed by atoms with Crippen LogP contribution in [0.1, 0.15) is 58.8 Å². The Morgan fingerprint density at radius 3 is 2.44 bits per heavy atom. The number of hydrogen-bond donors (Lipinski definition) is 1. The third-order valence-electron chi connectivity index (χ3n) is 2.80. The zero-order valence-electron chi connectivity index (χ0n) is 10.8. The third-order valence-corrected chi connectivity index (χ3v) is 2.80. The summed E-state index contributed by atoms with van der Waals surface area (Å²) >= 11 is 0. The highest BCUT2D eigenvalue weighted by Gasteiger charge is 2.12. The van der Waals surface area contributed by atoms with E-state index in [2.05, 4.69) is 25.8 Å². The minimum Gasteiger partial charge on any atom is -0.388 e. The highest BCUT2D eigenvalue weighted by atomic mass is 16.3. The zero-order chi connectivity index (χ0) is 12.2. The van der Waals surface area contributed by atoms with Crippen molar-refractivity contribution in [1.82, 2.24) is 0 Å². The lowest BCUT2D eigenvalue weighted by atomic mass is 9.95. The largest absolute Gasteiger partial charge is 0.388 e. The fraction of sp³-hybridized carbons (Fsp3) is 0.733. The van der Waals surface area contributed by atoms with Crippen LogP contribution >= 0.6 is 0 Å². The van der Waals surface area contributed by atoms with Gasteiger partial charge in [0.25, 0.3) is 0 Å². The molecule has 1 nitrogen and oxygen atoms in total. The fourth-order valence-corrected chi connectivity index (χ4v) is 1.66. The molecule has 0 heterocycles. The Bertz CT molecular complexity index is 212. The number of unbranched alkanes of at least 4 members (excludes halogenated alkanes) is 4. The molecule has 1 heteroatoms. The van der Waals surface area contributed by atoms with Crippen LogP contribution < -0.4 is 0 Å². The van der Waals surface area contributed by atoms with Gasteiger partial charge in [0.15, 0.2) is 0 Å². The maximum absolute atomic E-state index is 9.88. The van der Waals surface area contributed by atoms with Crippen molar-refractivity contribution in [2.24, 2.45) is 5.92 Å². The first-order valence-corrected chi connectivity index (χ1v) is 6.57. The number of hydrogen-bond acceptors (Lipinski definition) is 1. The average molecular weight is 222 g/mol. The van der Waals surface area contributed by atoms with Gasteiger partial charge in [0.2, 0.25) is 0 Å². The summed E-state index contributed by atoms with van der Waals surface area (Å²) in [5.41, 5.74) is 0. The molecule has 0 spiro atoms. The van der Waals surface area contributed by atoms with Gasteiger partial charge in [-0.15, -0.1) is 12.3 Å². The predicted molar refractivity (Wildman–Crippen MR) is 71.1 cm³/mol. The van der Waals surface area contributed by atoms with Gasteiger partial charge in [0.1, 0.15) is 0 Å². The summed E-state index contributed by atoms with van der Waals surface area (Å²) in [7, 11) is 0. The van der Waals surface area contributed by atoms with Gasteiger partial charge < -0.3 is 5.11 Å². The second-order valence-electron chi connectivity index (χ2n) is 4.33. The van der Waals surface area contributed by atoms with E-state index < -0.39 is 6.10 Å². The quantitative estimate of drug-likeness (QED) is 0.356. The van der Waals surface area contributed by atoms with E-state index in [9.17, 15) is 5.11 Å². The maximum Gasteiger partial charge on any atom is 0.0858 e. The molecular formula is C15H26O. The SMILES string of the molecule is C#C[C@@H](CCCCC)[C@@H](O)/C=C/CCCC. The van der Waals surface area contributed by atoms with Crippen LogP contribution in [0.2, 0.25) is 0 Å². The lowest BCUT2D eigenvalue weighted by Gasteiger charge is -2.14. The third kappa shape index (κ3) is 7.54. The Morgan fingerprint density at radius 2 is 1.88 bits per heavy atom. The lowest BCUT2D eigenvalue weighted by Crippen LogP contribution is -2.16. The Labute approximate surface area is 101 Å². The van der Waals surface area contributed by atoms with Crippen LogP contribution in [-0.4, -0.2) is 11.2 Å². The Kier molecular flexibility index (Phi) is 10.3. The fourth-order valence-electron chi connectivity index (χ4n) is 1.66. The van der Waals surface area contributed by atoms with E-state index in [0.29, 0.717) is 0 Å². The second kappa shape index (κ2) is 10.8. The number of allylic oxidation sites excluding steroid dienone is 1. The van der Waals surface area contributed by atoms with E-state index in [4.69, 9.17) is 6.42 Å². The molecule has 0 aromatic carbocycles. The molecule has 0 aliphatic heterocycles. The highest BCUT2D eigenvalue weighted by molar-refractivity contribution is 5.03. The summed E-state index contributed by atoms with van der Waals surface area (Å²) in [6.07, 6.45) is 16.8. The number of rotatable bonds is 9.